The number of hydrogen-bond donors (Lipinski definition) is 2. The van der Waals surface area contributed by atoms with Gasteiger partial charge in [-0.1, -0.05) is 0 Å². The summed E-state index contributed by atoms with van der Waals surface area (Å²) in [5, 5.41) is 12.0. The van der Waals surface area contributed by atoms with Crippen LogP contribution >= 0.6 is 0 Å². The van der Waals surface area contributed by atoms with Gasteiger partial charge in [-0.25, -0.2) is 9.78 Å². The second-order valence-electron chi connectivity index (χ2n) is 4.39. The van der Waals surface area contributed by atoms with Gasteiger partial charge in [0.15, 0.2) is 0 Å². The smallest absolute Gasteiger partial charge is 0.354 e. The van der Waals surface area contributed by atoms with E-state index in [1.54, 1.807) is 12.3 Å². The highest BCUT2D eigenvalue weighted by Crippen LogP contribution is 2.15. The lowest BCUT2D eigenvalue weighted by atomic mass is 10.2. The first-order valence-electron chi connectivity index (χ1n) is 5.80. The molecule has 17 heavy (non-hydrogen) atoms. The first-order chi connectivity index (χ1) is 8.16. The Morgan fingerprint density at radius 1 is 1.65 bits per heavy atom. The Balaban J connectivity index is 1.88. The van der Waals surface area contributed by atoms with Crippen LogP contribution < -0.4 is 5.32 Å². The van der Waals surface area contributed by atoms with E-state index < -0.39 is 5.97 Å². The molecule has 92 valence electrons. The highest BCUT2D eigenvalue weighted by molar-refractivity contribution is 5.85. The number of nitrogens with zero attached hydrogens (tertiary/aromatic N) is 2. The first-order valence-corrected chi connectivity index (χ1v) is 5.80. The molecule has 0 aromatic carbocycles. The van der Waals surface area contributed by atoms with E-state index in [1.165, 1.54) is 18.9 Å². The number of nitrogens with one attached hydrogen (secondary N) is 1. The van der Waals surface area contributed by atoms with Crippen LogP contribution in [0.5, 0.6) is 0 Å². The standard InChI is InChI=1S/C12H17N3O2/c1-15-6-2-3-10(15)8-13-9-4-5-11(12(16)17)14-7-9/h4-5,7,10,13H,2-3,6,8H2,1H3,(H,16,17). The van der Waals surface area contributed by atoms with Crippen LogP contribution in [0.2, 0.25) is 0 Å². The van der Waals surface area contributed by atoms with E-state index in [4.69, 9.17) is 5.11 Å². The van der Waals surface area contributed by atoms with Crippen LogP contribution in [-0.2, 0) is 0 Å². The molecule has 1 aromatic heterocycles. The average Bonchev–Trinajstić information content (AvgIpc) is 2.73. The van der Waals surface area contributed by atoms with Crippen molar-refractivity contribution >= 4 is 11.7 Å². The summed E-state index contributed by atoms with van der Waals surface area (Å²) in [6.45, 7) is 2.03. The van der Waals surface area contributed by atoms with E-state index in [0.717, 1.165) is 18.8 Å². The van der Waals surface area contributed by atoms with Crippen LogP contribution in [0.3, 0.4) is 0 Å². The van der Waals surface area contributed by atoms with Crippen molar-refractivity contribution in [1.82, 2.24) is 9.88 Å². The molecule has 1 saturated heterocycles. The number of aromatic nitrogens is 1. The molecule has 0 bridgehead atoms. The minimum absolute atomic E-state index is 0.0773. The zero-order chi connectivity index (χ0) is 12.3. The second kappa shape index (κ2) is 5.14. The Kier molecular flexibility index (Phi) is 3.58. The van der Waals surface area contributed by atoms with Crippen molar-refractivity contribution < 1.29 is 9.90 Å². The molecule has 1 aromatic rings. The fourth-order valence-electron chi connectivity index (χ4n) is 2.10. The number of carboxylic acid groups (broad SMARTS) is 1. The Labute approximate surface area is 100 Å². The number of carboxylic acids is 1. The summed E-state index contributed by atoms with van der Waals surface area (Å²) in [4.78, 5) is 16.8. The molecule has 1 aliphatic heterocycles. The van der Waals surface area contributed by atoms with Gasteiger partial charge in [0.05, 0.1) is 11.9 Å². The highest BCUT2D eigenvalue weighted by Gasteiger charge is 2.20. The van der Waals surface area contributed by atoms with Gasteiger partial charge in [-0.05, 0) is 38.6 Å². The number of likely N-dealkylation sites (tertiary alicyclic amines) is 1. The van der Waals surface area contributed by atoms with Gasteiger partial charge in [0.25, 0.3) is 0 Å². The third kappa shape index (κ3) is 2.94. The van der Waals surface area contributed by atoms with Gasteiger partial charge in [0.1, 0.15) is 5.69 Å². The third-order valence-corrected chi connectivity index (χ3v) is 3.20. The maximum absolute atomic E-state index is 10.6. The molecule has 1 aliphatic rings. The van der Waals surface area contributed by atoms with Crippen molar-refractivity contribution in [3.05, 3.63) is 24.0 Å². The minimum Gasteiger partial charge on any atom is -0.477 e. The monoisotopic (exact) mass is 235 g/mol. The molecule has 0 saturated carbocycles. The fourth-order valence-corrected chi connectivity index (χ4v) is 2.10. The van der Waals surface area contributed by atoms with Crippen LogP contribution in [0.1, 0.15) is 23.3 Å². The topological polar surface area (TPSA) is 65.5 Å². The van der Waals surface area contributed by atoms with Crippen molar-refractivity contribution in [3.63, 3.8) is 0 Å². The molecular weight excluding hydrogens is 218 g/mol. The van der Waals surface area contributed by atoms with Crippen molar-refractivity contribution in [2.75, 3.05) is 25.5 Å². The number of hydrogen-bond acceptors (Lipinski definition) is 4. The Morgan fingerprint density at radius 3 is 3.00 bits per heavy atom. The summed E-state index contributed by atoms with van der Waals surface area (Å²) >= 11 is 0. The van der Waals surface area contributed by atoms with Gasteiger partial charge in [-0.2, -0.15) is 0 Å². The molecule has 1 unspecified atom stereocenters. The maximum Gasteiger partial charge on any atom is 0.354 e. The molecular formula is C12H17N3O2. The van der Waals surface area contributed by atoms with Gasteiger partial charge in [-0.15, -0.1) is 0 Å². The number of aromatic carboxylic acids is 1. The summed E-state index contributed by atoms with van der Waals surface area (Å²) in [5.74, 6) is -0.993. The predicted molar refractivity (Wildman–Crippen MR) is 65.3 cm³/mol. The van der Waals surface area contributed by atoms with Crippen LogP contribution in [-0.4, -0.2) is 47.1 Å². The molecule has 1 fully saturated rings. The molecule has 2 heterocycles. The molecule has 5 nitrogen and oxygen atoms in total. The lowest BCUT2D eigenvalue weighted by molar-refractivity contribution is 0.0690. The Bertz CT molecular complexity index is 391. The summed E-state index contributed by atoms with van der Waals surface area (Å²) < 4.78 is 0. The Morgan fingerprint density at radius 2 is 2.47 bits per heavy atom. The quantitative estimate of drug-likeness (QED) is 0.823. The molecule has 0 aliphatic carbocycles. The van der Waals surface area contributed by atoms with E-state index in [-0.39, 0.29) is 5.69 Å². The van der Waals surface area contributed by atoms with Crippen molar-refractivity contribution in [2.24, 2.45) is 0 Å². The third-order valence-electron chi connectivity index (χ3n) is 3.20. The Hall–Kier alpha value is -1.62. The number of anilines is 1. The number of likely N-dealkylation sites (N-methyl/N-ethyl adjacent to an activating group) is 1. The number of rotatable bonds is 4. The first kappa shape index (κ1) is 11.9. The zero-order valence-electron chi connectivity index (χ0n) is 9.89. The molecule has 0 radical (unpaired) electrons. The van der Waals surface area contributed by atoms with Crippen LogP contribution in [0.25, 0.3) is 0 Å². The van der Waals surface area contributed by atoms with Crippen molar-refractivity contribution in [3.8, 4) is 0 Å². The summed E-state index contributed by atoms with van der Waals surface area (Å²) in [6, 6.07) is 3.84. The molecule has 0 amide bonds. The van der Waals surface area contributed by atoms with Crippen molar-refractivity contribution in [2.45, 2.75) is 18.9 Å². The summed E-state index contributed by atoms with van der Waals surface area (Å²) in [7, 11) is 2.13. The lowest BCUT2D eigenvalue weighted by Gasteiger charge is -2.20. The molecule has 1 atom stereocenters. The normalized spacial score (nSPS) is 20.4. The SMILES string of the molecule is CN1CCCC1CNc1ccc(C(=O)O)nc1. The molecule has 2 rings (SSSR count). The van der Waals surface area contributed by atoms with Gasteiger partial charge < -0.3 is 15.3 Å². The summed E-state index contributed by atoms with van der Waals surface area (Å²) in [6.07, 6.45) is 4.03. The summed E-state index contributed by atoms with van der Waals surface area (Å²) in [5.41, 5.74) is 0.948. The minimum atomic E-state index is -0.993. The molecule has 2 N–H and O–H groups in total. The predicted octanol–water partition coefficient (Wildman–Crippen LogP) is 1.29. The van der Waals surface area contributed by atoms with Gasteiger partial charge in [0, 0.05) is 12.6 Å². The van der Waals surface area contributed by atoms with Gasteiger partial charge in [-0.3, -0.25) is 0 Å². The zero-order valence-corrected chi connectivity index (χ0v) is 9.89. The fraction of sp³-hybridized carbons (Fsp3) is 0.500. The van der Waals surface area contributed by atoms with E-state index in [2.05, 4.69) is 22.2 Å². The van der Waals surface area contributed by atoms with Gasteiger partial charge >= 0.3 is 5.97 Å². The average molecular weight is 235 g/mol. The van der Waals surface area contributed by atoms with E-state index in [0.29, 0.717) is 6.04 Å². The van der Waals surface area contributed by atoms with Crippen LogP contribution in [0.4, 0.5) is 5.69 Å². The molecule has 0 spiro atoms. The van der Waals surface area contributed by atoms with Crippen LogP contribution in [0.15, 0.2) is 18.3 Å². The lowest BCUT2D eigenvalue weighted by Crippen LogP contribution is -2.31. The second-order valence-corrected chi connectivity index (χ2v) is 4.39. The van der Waals surface area contributed by atoms with E-state index >= 15 is 0 Å². The van der Waals surface area contributed by atoms with E-state index in [1.807, 2.05) is 0 Å². The molecule has 5 heteroatoms. The number of pyridine rings is 1. The highest BCUT2D eigenvalue weighted by atomic mass is 16.4. The van der Waals surface area contributed by atoms with Gasteiger partial charge in [0.2, 0.25) is 0 Å². The van der Waals surface area contributed by atoms with Crippen molar-refractivity contribution in [1.29, 1.82) is 0 Å². The number of carbonyl (C=O) groups is 1. The largest absolute Gasteiger partial charge is 0.477 e. The maximum atomic E-state index is 10.6. The van der Waals surface area contributed by atoms with E-state index in [9.17, 15) is 4.79 Å². The van der Waals surface area contributed by atoms with Crippen LogP contribution in [0, 0.1) is 0 Å².